The van der Waals surface area contributed by atoms with Crippen molar-refractivity contribution >= 4 is 5.78 Å². The fraction of sp³-hybridized carbons (Fsp3) is 0.731. The molecule has 2 aliphatic carbocycles. The number of rotatable bonds is 8. The lowest BCUT2D eigenvalue weighted by molar-refractivity contribution is -0.224. The number of hydrogen-bond acceptors (Lipinski definition) is 3. The van der Waals surface area contributed by atoms with E-state index in [1.54, 1.807) is 6.92 Å². The Bertz CT molecular complexity index is 732. The van der Waals surface area contributed by atoms with Gasteiger partial charge in [-0.05, 0) is 87.2 Å². The summed E-state index contributed by atoms with van der Waals surface area (Å²) in [6, 6.07) is 3.83. The van der Waals surface area contributed by atoms with Gasteiger partial charge in [0.2, 0.25) is 0 Å². The van der Waals surface area contributed by atoms with Crippen molar-refractivity contribution in [3.63, 3.8) is 0 Å². The van der Waals surface area contributed by atoms with E-state index in [1.165, 1.54) is 44.2 Å². The third kappa shape index (κ3) is 5.78. The lowest BCUT2D eigenvalue weighted by Crippen LogP contribution is -2.38. The van der Waals surface area contributed by atoms with Gasteiger partial charge in [0.25, 0.3) is 0 Å². The highest BCUT2D eigenvalue weighted by molar-refractivity contribution is 5.98. The van der Waals surface area contributed by atoms with Gasteiger partial charge in [0.1, 0.15) is 11.5 Å². The van der Waals surface area contributed by atoms with Crippen LogP contribution >= 0.6 is 0 Å². The first-order valence-corrected chi connectivity index (χ1v) is 12.2. The van der Waals surface area contributed by atoms with E-state index in [0.717, 1.165) is 30.7 Å². The number of halogens is 2. The minimum Gasteiger partial charge on any atom is -0.507 e. The Morgan fingerprint density at radius 3 is 2.16 bits per heavy atom. The monoisotopic (exact) mass is 436 g/mol. The third-order valence-electron chi connectivity index (χ3n) is 8.02. The highest BCUT2D eigenvalue weighted by Crippen LogP contribution is 2.46. The molecule has 0 radical (unpaired) electrons. The molecule has 31 heavy (non-hydrogen) atoms. The number of carbonyl (C=O) groups excluding carboxylic acids is 1. The van der Waals surface area contributed by atoms with Gasteiger partial charge in [-0.25, -0.2) is 0 Å². The molecule has 1 atom stereocenters. The molecule has 0 aliphatic heterocycles. The van der Waals surface area contributed by atoms with Crippen LogP contribution in [-0.2, 0) is 0 Å². The van der Waals surface area contributed by atoms with Gasteiger partial charge in [0.05, 0.1) is 11.5 Å². The Labute approximate surface area is 185 Å². The van der Waals surface area contributed by atoms with Crippen molar-refractivity contribution in [3.8, 4) is 11.5 Å². The topological polar surface area (TPSA) is 46.5 Å². The number of phenolic OH excluding ortho intramolecular Hbond substituents is 1. The first-order chi connectivity index (χ1) is 14.7. The highest BCUT2D eigenvalue weighted by Gasteiger charge is 2.45. The van der Waals surface area contributed by atoms with E-state index in [0.29, 0.717) is 24.7 Å². The molecule has 0 amide bonds. The van der Waals surface area contributed by atoms with E-state index in [9.17, 15) is 18.7 Å². The Morgan fingerprint density at radius 2 is 1.65 bits per heavy atom. The van der Waals surface area contributed by atoms with E-state index in [-0.39, 0.29) is 29.3 Å². The van der Waals surface area contributed by atoms with E-state index in [2.05, 4.69) is 13.8 Å². The maximum absolute atomic E-state index is 14.8. The van der Waals surface area contributed by atoms with Gasteiger partial charge in [-0.3, -0.25) is 4.79 Å². The zero-order valence-corrected chi connectivity index (χ0v) is 19.2. The van der Waals surface area contributed by atoms with Gasteiger partial charge in [0.15, 0.2) is 5.78 Å². The first kappa shape index (κ1) is 24.0. The standard InChI is InChI=1S/C26H38F2O3/c1-4-17(3)18-6-8-19(9-7-18)20-10-12-21(13-11-20)26(27,28)31-22-14-15-23(24(29)5-2)25(30)16-22/h14-21,30H,4-13H2,1-3H3. The van der Waals surface area contributed by atoms with Crippen LogP contribution in [0, 0.1) is 29.6 Å². The van der Waals surface area contributed by atoms with E-state index < -0.39 is 12.0 Å². The molecule has 0 aromatic heterocycles. The molecule has 1 aromatic carbocycles. The van der Waals surface area contributed by atoms with Crippen molar-refractivity contribution in [2.75, 3.05) is 0 Å². The smallest absolute Gasteiger partial charge is 0.400 e. The second kappa shape index (κ2) is 10.3. The Hall–Kier alpha value is -1.65. The van der Waals surface area contributed by atoms with Crippen molar-refractivity contribution in [1.82, 2.24) is 0 Å². The van der Waals surface area contributed by atoms with Crippen LogP contribution in [0.15, 0.2) is 18.2 Å². The van der Waals surface area contributed by atoms with E-state index in [1.807, 2.05) is 0 Å². The molecule has 174 valence electrons. The van der Waals surface area contributed by atoms with Crippen LogP contribution in [0.2, 0.25) is 0 Å². The maximum Gasteiger partial charge on any atom is 0.400 e. The summed E-state index contributed by atoms with van der Waals surface area (Å²) in [4.78, 5) is 11.8. The van der Waals surface area contributed by atoms with Gasteiger partial charge < -0.3 is 9.84 Å². The molecule has 1 N–H and O–H groups in total. The summed E-state index contributed by atoms with van der Waals surface area (Å²) in [5.74, 6) is 1.45. The van der Waals surface area contributed by atoms with Gasteiger partial charge in [-0.15, -0.1) is 0 Å². The summed E-state index contributed by atoms with van der Waals surface area (Å²) in [7, 11) is 0. The largest absolute Gasteiger partial charge is 0.507 e. The van der Waals surface area contributed by atoms with Gasteiger partial charge in [-0.1, -0.05) is 27.2 Å². The van der Waals surface area contributed by atoms with Crippen LogP contribution in [-0.4, -0.2) is 17.0 Å². The van der Waals surface area contributed by atoms with E-state index in [4.69, 9.17) is 4.74 Å². The number of ketones is 1. The Morgan fingerprint density at radius 1 is 1.06 bits per heavy atom. The SMILES string of the molecule is CCC(=O)c1ccc(OC(F)(F)C2CCC(C3CCC(C(C)CC)CC3)CC2)cc1O. The average molecular weight is 437 g/mol. The first-order valence-electron chi connectivity index (χ1n) is 12.2. The normalized spacial score (nSPS) is 28.2. The lowest BCUT2D eigenvalue weighted by atomic mass is 9.67. The number of hydrogen-bond donors (Lipinski definition) is 1. The Balaban J connectivity index is 1.52. The van der Waals surface area contributed by atoms with Crippen LogP contribution < -0.4 is 4.74 Å². The molecule has 2 aliphatic rings. The molecular formula is C26H38F2O3. The molecule has 0 spiro atoms. The zero-order chi connectivity index (χ0) is 22.6. The number of alkyl halides is 2. The van der Waals surface area contributed by atoms with E-state index >= 15 is 0 Å². The molecule has 0 saturated heterocycles. The molecule has 2 saturated carbocycles. The average Bonchev–Trinajstić information content (AvgIpc) is 2.78. The molecule has 3 nitrogen and oxygen atoms in total. The van der Waals surface area contributed by atoms with Crippen LogP contribution in [0.25, 0.3) is 0 Å². The molecule has 5 heteroatoms. The van der Waals surface area contributed by atoms with Gasteiger partial charge in [0, 0.05) is 12.5 Å². The fourth-order valence-corrected chi connectivity index (χ4v) is 5.69. The van der Waals surface area contributed by atoms with Crippen LogP contribution in [0.3, 0.4) is 0 Å². The van der Waals surface area contributed by atoms with Crippen molar-refractivity contribution in [2.24, 2.45) is 29.6 Å². The van der Waals surface area contributed by atoms with Crippen molar-refractivity contribution in [2.45, 2.75) is 91.1 Å². The van der Waals surface area contributed by atoms with Crippen molar-refractivity contribution < 1.29 is 23.4 Å². The third-order valence-corrected chi connectivity index (χ3v) is 8.02. The molecular weight excluding hydrogens is 398 g/mol. The molecule has 2 fully saturated rings. The van der Waals surface area contributed by atoms with Crippen molar-refractivity contribution in [1.29, 1.82) is 0 Å². The minimum absolute atomic E-state index is 0.0966. The number of phenols is 1. The second-order valence-electron chi connectivity index (χ2n) is 9.79. The Kier molecular flexibility index (Phi) is 7.98. The van der Waals surface area contributed by atoms with Gasteiger partial charge in [-0.2, -0.15) is 8.78 Å². The quantitative estimate of drug-likeness (QED) is 0.426. The number of benzene rings is 1. The van der Waals surface area contributed by atoms with Crippen LogP contribution in [0.4, 0.5) is 8.78 Å². The molecule has 1 aromatic rings. The number of Topliss-reactive ketones (excluding diaryl/α,β-unsaturated/α-hetero) is 1. The highest BCUT2D eigenvalue weighted by atomic mass is 19.3. The van der Waals surface area contributed by atoms with Crippen LogP contribution in [0.5, 0.6) is 11.5 Å². The second-order valence-corrected chi connectivity index (χ2v) is 9.79. The predicted molar refractivity (Wildman–Crippen MR) is 119 cm³/mol. The number of aromatic hydroxyl groups is 1. The lowest BCUT2D eigenvalue weighted by Gasteiger charge is -2.40. The molecule has 0 bridgehead atoms. The molecule has 0 heterocycles. The zero-order valence-electron chi connectivity index (χ0n) is 19.2. The summed E-state index contributed by atoms with van der Waals surface area (Å²) in [6.45, 7) is 6.31. The molecule has 3 rings (SSSR count). The summed E-state index contributed by atoms with van der Waals surface area (Å²) >= 11 is 0. The number of carbonyl (C=O) groups is 1. The van der Waals surface area contributed by atoms with Crippen LogP contribution in [0.1, 0.15) is 95.3 Å². The number of ether oxygens (including phenoxy) is 1. The predicted octanol–water partition coefficient (Wildman–Crippen LogP) is 7.62. The maximum atomic E-state index is 14.8. The summed E-state index contributed by atoms with van der Waals surface area (Å²) < 4.78 is 34.7. The minimum atomic E-state index is -3.28. The molecule has 1 unspecified atom stereocenters. The summed E-state index contributed by atoms with van der Waals surface area (Å²) in [5.41, 5.74) is 0.140. The van der Waals surface area contributed by atoms with Crippen molar-refractivity contribution in [3.05, 3.63) is 23.8 Å². The summed E-state index contributed by atoms with van der Waals surface area (Å²) in [6.07, 6.45) is 5.92. The van der Waals surface area contributed by atoms with Gasteiger partial charge >= 0.3 is 6.11 Å². The fourth-order valence-electron chi connectivity index (χ4n) is 5.69. The summed E-state index contributed by atoms with van der Waals surface area (Å²) in [5, 5.41) is 10.0.